The number of furan rings is 1. The summed E-state index contributed by atoms with van der Waals surface area (Å²) in [5.74, 6) is 1.95. The molecule has 5 aromatic carbocycles. The van der Waals surface area contributed by atoms with Crippen LogP contribution in [-0.4, -0.2) is 17.6 Å². The van der Waals surface area contributed by atoms with Crippen LogP contribution in [0, 0.1) is 13.8 Å². The number of hydrogen-bond donors (Lipinski definition) is 0. The molecule has 9 aromatic rings. The highest BCUT2D eigenvalue weighted by atomic mass is 28.3. The van der Waals surface area contributed by atoms with Crippen LogP contribution in [0.2, 0.25) is 19.6 Å². The number of nitrogens with zero attached hydrogens (tertiary/aromatic N) is 4. The Morgan fingerprint density at radius 3 is 2.37 bits per heavy atom. The summed E-state index contributed by atoms with van der Waals surface area (Å²) in [5.41, 5.74) is 16.8. The first-order valence-corrected chi connectivity index (χ1v) is 25.0. The third-order valence-electron chi connectivity index (χ3n) is 13.4. The van der Waals surface area contributed by atoms with E-state index in [4.69, 9.17) is 20.4 Å². The average Bonchev–Trinajstić information content (AvgIpc) is 3.89. The number of aromatic nitrogens is 4. The van der Waals surface area contributed by atoms with E-state index in [9.17, 15) is 0 Å². The molecule has 2 atom stereocenters. The van der Waals surface area contributed by atoms with Crippen molar-refractivity contribution in [1.82, 2.24) is 9.55 Å². The number of benzene rings is 5. The molecule has 0 fully saturated rings. The highest BCUT2D eigenvalue weighted by molar-refractivity contribution is 6.88. The zero-order chi connectivity index (χ0) is 41.4. The quantitative estimate of drug-likeness (QED) is 0.129. The van der Waals surface area contributed by atoms with Gasteiger partial charge in [0.25, 0.3) is 0 Å². The fourth-order valence-corrected chi connectivity index (χ4v) is 12.4. The van der Waals surface area contributed by atoms with E-state index in [-0.39, 0.29) is 17.4 Å². The van der Waals surface area contributed by atoms with Gasteiger partial charge in [0, 0.05) is 34.9 Å². The number of hydrogen-bond acceptors (Lipinski definition) is 3. The van der Waals surface area contributed by atoms with Crippen molar-refractivity contribution in [2.24, 2.45) is 0 Å². The predicted molar refractivity (Wildman–Crippen MR) is 247 cm³/mol. The molecule has 0 N–H and O–H groups in total. The molecule has 6 heterocycles. The normalized spacial score (nSPS) is 16.8. The molecule has 6 nitrogen and oxygen atoms in total. The zero-order valence-corrected chi connectivity index (χ0v) is 37.0. The molecular formula is C53H52N4O2Si+2. The standard InChI is InChI=1S/C53H52N4O2Si/c1-31-28-45-49-39(26-27-41-51(49)58-33(3)54-41)37-24-18-34-19-25-40-38-14-10-13-17-46(38)59-50(40)48(34)52-56(32(2)29-44(37)55(45)30-47(31)60(7,8)9)42-15-11-12-16-43(42)57(52)36-22-20-35(21-23-36)53(4,5)6/h10-17,19-23,25-28,30,37,44H,2,18,24,29H2,1,3-9H3/q+2. The van der Waals surface area contributed by atoms with E-state index < -0.39 is 8.07 Å². The largest absolute Gasteiger partial charge is 0.455 e. The summed E-state index contributed by atoms with van der Waals surface area (Å²) in [4.78, 5) is 4.83. The first kappa shape index (κ1) is 37.0. The summed E-state index contributed by atoms with van der Waals surface area (Å²) < 4.78 is 21.1. The van der Waals surface area contributed by atoms with Gasteiger partial charge in [-0.3, -0.25) is 0 Å². The Labute approximate surface area is 352 Å². The highest BCUT2D eigenvalue weighted by Gasteiger charge is 2.46. The molecule has 2 aliphatic heterocycles. The molecule has 0 bridgehead atoms. The highest BCUT2D eigenvalue weighted by Crippen LogP contribution is 2.48. The number of aryl methyl sites for hydroxylation is 3. The van der Waals surface area contributed by atoms with Gasteiger partial charge in [0.1, 0.15) is 28.0 Å². The molecule has 298 valence electrons. The van der Waals surface area contributed by atoms with Gasteiger partial charge in [-0.25, -0.2) is 4.98 Å². The molecule has 11 rings (SSSR count). The minimum atomic E-state index is -1.72. The summed E-state index contributed by atoms with van der Waals surface area (Å²) in [6.07, 6.45) is 5.06. The number of rotatable bonds is 2. The molecule has 0 saturated heterocycles. The molecular weight excluding hydrogens is 753 g/mol. The molecule has 7 heteroatoms. The maximum atomic E-state index is 7.00. The van der Waals surface area contributed by atoms with E-state index in [0.717, 1.165) is 86.1 Å². The minimum absolute atomic E-state index is 0.0351. The Kier molecular flexibility index (Phi) is 8.00. The Hall–Kier alpha value is -6.05. The van der Waals surface area contributed by atoms with Crippen LogP contribution in [0.5, 0.6) is 0 Å². The fraction of sp³-hybridized carbons (Fsp3) is 0.264. The Morgan fingerprint density at radius 2 is 1.58 bits per heavy atom. The molecule has 4 aromatic heterocycles. The Balaban J connectivity index is 1.23. The van der Waals surface area contributed by atoms with Crippen LogP contribution < -0.4 is 14.3 Å². The summed E-state index contributed by atoms with van der Waals surface area (Å²) in [5, 5.41) is 3.74. The number of imidazole rings is 1. The lowest BCUT2D eigenvalue weighted by Crippen LogP contribution is -2.54. The summed E-state index contributed by atoms with van der Waals surface area (Å²) in [7, 11) is -1.72. The second-order valence-electron chi connectivity index (χ2n) is 19.4. The number of para-hydroxylation sites is 3. The molecule has 0 saturated carbocycles. The van der Waals surface area contributed by atoms with Crippen molar-refractivity contribution >= 4 is 63.0 Å². The Bertz CT molecular complexity index is 3260. The van der Waals surface area contributed by atoms with Crippen molar-refractivity contribution in [1.29, 1.82) is 0 Å². The van der Waals surface area contributed by atoms with Gasteiger partial charge in [0.2, 0.25) is 5.69 Å². The monoisotopic (exact) mass is 804 g/mol. The molecule has 0 aliphatic carbocycles. The molecule has 0 radical (unpaired) electrons. The lowest BCUT2D eigenvalue weighted by Gasteiger charge is -2.33. The van der Waals surface area contributed by atoms with E-state index >= 15 is 0 Å². The van der Waals surface area contributed by atoms with E-state index in [1.165, 1.54) is 38.7 Å². The third-order valence-corrected chi connectivity index (χ3v) is 15.6. The Morgan fingerprint density at radius 1 is 0.817 bits per heavy atom. The average molecular weight is 805 g/mol. The predicted octanol–water partition coefficient (Wildman–Crippen LogP) is 12.2. The third kappa shape index (κ3) is 5.47. The van der Waals surface area contributed by atoms with Gasteiger partial charge in [-0.2, -0.15) is 13.7 Å². The van der Waals surface area contributed by atoms with Crippen molar-refractivity contribution in [2.45, 2.75) is 90.9 Å². The van der Waals surface area contributed by atoms with Crippen LogP contribution in [0.4, 0.5) is 0 Å². The van der Waals surface area contributed by atoms with Gasteiger partial charge in [0.05, 0.1) is 20.1 Å². The first-order chi connectivity index (χ1) is 28.8. The lowest BCUT2D eigenvalue weighted by atomic mass is 9.77. The van der Waals surface area contributed by atoms with Crippen LogP contribution in [-0.2, 0) is 11.8 Å². The number of pyridine rings is 1. The van der Waals surface area contributed by atoms with Crippen LogP contribution in [0.25, 0.3) is 78.1 Å². The van der Waals surface area contributed by atoms with E-state index in [0.29, 0.717) is 5.89 Å². The van der Waals surface area contributed by atoms with Gasteiger partial charge >= 0.3 is 5.82 Å². The molecule has 2 unspecified atom stereocenters. The second-order valence-corrected chi connectivity index (χ2v) is 24.4. The van der Waals surface area contributed by atoms with Crippen molar-refractivity contribution in [2.75, 3.05) is 0 Å². The van der Waals surface area contributed by atoms with Gasteiger partial charge in [0.15, 0.2) is 40.3 Å². The minimum Gasteiger partial charge on any atom is -0.455 e. The SMILES string of the molecule is C=C1CC2C(CCc3ccc4c(oc5ccccc54)c3-c3n(-c4ccc(C(C)(C)C)cc4)c4ccccc4[n+]31)c1ccc3nc(C)oc3c1-c1cc(C)c([Si](C)(C)C)c[n+]12. The van der Waals surface area contributed by atoms with Crippen molar-refractivity contribution in [3.05, 3.63) is 144 Å². The molecule has 0 amide bonds. The molecule has 60 heavy (non-hydrogen) atoms. The van der Waals surface area contributed by atoms with Crippen LogP contribution >= 0.6 is 0 Å². The van der Waals surface area contributed by atoms with Gasteiger partial charge in [-0.05, 0) is 83.8 Å². The number of allylic oxidation sites excluding steroid dienone is 1. The summed E-state index contributed by atoms with van der Waals surface area (Å²) >= 11 is 0. The van der Waals surface area contributed by atoms with E-state index in [1.54, 1.807) is 0 Å². The molecule has 2 aliphatic rings. The van der Waals surface area contributed by atoms with Crippen molar-refractivity contribution in [3.63, 3.8) is 0 Å². The van der Waals surface area contributed by atoms with Crippen LogP contribution in [0.15, 0.2) is 125 Å². The molecule has 0 spiro atoms. The maximum Gasteiger partial charge on any atom is 0.304 e. The lowest BCUT2D eigenvalue weighted by molar-refractivity contribution is -0.719. The number of fused-ring (bicyclic) bond motifs is 17. The van der Waals surface area contributed by atoms with Crippen molar-refractivity contribution < 1.29 is 18.0 Å². The summed E-state index contributed by atoms with van der Waals surface area (Å²) in [6.45, 7) is 23.5. The summed E-state index contributed by atoms with van der Waals surface area (Å²) in [6, 6.07) is 38.2. The fourth-order valence-electron chi connectivity index (χ4n) is 10.6. The topological polar surface area (TPSA) is 51.9 Å². The van der Waals surface area contributed by atoms with Crippen molar-refractivity contribution in [3.8, 4) is 28.3 Å². The smallest absolute Gasteiger partial charge is 0.304 e. The van der Waals surface area contributed by atoms with Gasteiger partial charge < -0.3 is 8.83 Å². The first-order valence-electron chi connectivity index (χ1n) is 21.5. The van der Waals surface area contributed by atoms with Crippen LogP contribution in [0.3, 0.4) is 0 Å². The van der Waals surface area contributed by atoms with Gasteiger partial charge in [-0.1, -0.05) is 108 Å². The second kappa shape index (κ2) is 13.0. The van der Waals surface area contributed by atoms with Gasteiger partial charge in [-0.15, -0.1) is 0 Å². The van der Waals surface area contributed by atoms with E-state index in [1.807, 2.05) is 6.92 Å². The zero-order valence-electron chi connectivity index (χ0n) is 36.0. The number of oxazole rings is 1. The van der Waals surface area contributed by atoms with Crippen LogP contribution in [0.1, 0.15) is 73.7 Å². The van der Waals surface area contributed by atoms with E-state index in [2.05, 4.69) is 170 Å². The maximum absolute atomic E-state index is 7.00.